The quantitative estimate of drug-likeness (QED) is 0.248. The average molecular weight is 546 g/mol. The van der Waals surface area contributed by atoms with Crippen LogP contribution in [0.5, 0.6) is 0 Å². The fourth-order valence-corrected chi connectivity index (χ4v) is 6.74. The number of amides is 1. The molecular formula is C28H27Cl3N2OS. The normalized spacial score (nSPS) is 15.4. The number of aromatic nitrogens is 1. The zero-order valence-electron chi connectivity index (χ0n) is 19.5. The molecule has 3 nitrogen and oxygen atoms in total. The van der Waals surface area contributed by atoms with Crippen molar-refractivity contribution in [3.8, 4) is 0 Å². The Bertz CT molecular complexity index is 1380. The van der Waals surface area contributed by atoms with E-state index >= 15 is 0 Å². The highest BCUT2D eigenvalue weighted by Crippen LogP contribution is 2.34. The molecule has 35 heavy (non-hydrogen) atoms. The third-order valence-corrected chi connectivity index (χ3v) is 9.14. The van der Waals surface area contributed by atoms with Crippen molar-refractivity contribution in [3.05, 3.63) is 90.2 Å². The molecule has 7 heteroatoms. The Balaban J connectivity index is 1.44. The van der Waals surface area contributed by atoms with Crippen LogP contribution in [0.2, 0.25) is 15.1 Å². The molecule has 4 aromatic rings. The van der Waals surface area contributed by atoms with E-state index in [1.54, 1.807) is 6.07 Å². The van der Waals surface area contributed by atoms with Gasteiger partial charge in [0.05, 0.1) is 27.7 Å². The summed E-state index contributed by atoms with van der Waals surface area (Å²) >= 11 is 20.6. The third kappa shape index (κ3) is 5.41. The molecular weight excluding hydrogens is 519 g/mol. The minimum Gasteiger partial charge on any atom is -0.361 e. The number of thiophene rings is 1. The lowest BCUT2D eigenvalue weighted by Gasteiger charge is -2.23. The van der Waals surface area contributed by atoms with Crippen LogP contribution in [0.3, 0.4) is 0 Å². The largest absolute Gasteiger partial charge is 0.361 e. The summed E-state index contributed by atoms with van der Waals surface area (Å²) in [5, 5.41) is 2.55. The molecule has 2 heterocycles. The van der Waals surface area contributed by atoms with Crippen LogP contribution in [0.4, 0.5) is 0 Å². The molecule has 0 fully saturated rings. The second-order valence-electron chi connectivity index (χ2n) is 9.30. The van der Waals surface area contributed by atoms with Crippen molar-refractivity contribution in [1.82, 2.24) is 9.88 Å². The second kappa shape index (κ2) is 10.6. The molecule has 0 radical (unpaired) electrons. The molecule has 0 spiro atoms. The van der Waals surface area contributed by atoms with Gasteiger partial charge in [0.15, 0.2) is 0 Å². The fourth-order valence-electron chi connectivity index (χ4n) is 4.96. The van der Waals surface area contributed by atoms with Crippen LogP contribution in [0.15, 0.2) is 48.7 Å². The number of benzene rings is 2. The monoisotopic (exact) mass is 544 g/mol. The Morgan fingerprint density at radius 3 is 2.77 bits per heavy atom. The first kappa shape index (κ1) is 24.7. The first-order chi connectivity index (χ1) is 16.9. The molecule has 0 aliphatic heterocycles. The van der Waals surface area contributed by atoms with Gasteiger partial charge in [-0.1, -0.05) is 54.2 Å². The summed E-state index contributed by atoms with van der Waals surface area (Å²) in [5.41, 5.74) is 3.92. The van der Waals surface area contributed by atoms with Gasteiger partial charge >= 0.3 is 0 Å². The van der Waals surface area contributed by atoms with Gasteiger partial charge in [0.1, 0.15) is 0 Å². The average Bonchev–Trinajstić information content (AvgIpc) is 3.48. The number of aryl methyl sites for hydroxylation is 1. The summed E-state index contributed by atoms with van der Waals surface area (Å²) in [4.78, 5) is 21.8. The summed E-state index contributed by atoms with van der Waals surface area (Å²) in [5.74, 6) is 0.739. The van der Waals surface area contributed by atoms with Gasteiger partial charge in [-0.15, -0.1) is 11.3 Å². The van der Waals surface area contributed by atoms with E-state index in [2.05, 4.69) is 18.0 Å². The van der Waals surface area contributed by atoms with Crippen LogP contribution in [0.25, 0.3) is 10.9 Å². The third-order valence-electron chi connectivity index (χ3n) is 6.96. The summed E-state index contributed by atoms with van der Waals surface area (Å²) in [6, 6.07) is 13.6. The molecule has 2 aromatic carbocycles. The van der Waals surface area contributed by atoms with E-state index in [0.717, 1.165) is 35.2 Å². The van der Waals surface area contributed by atoms with E-state index in [1.807, 2.05) is 52.8 Å². The van der Waals surface area contributed by atoms with Crippen molar-refractivity contribution < 1.29 is 4.79 Å². The molecule has 182 valence electrons. The highest BCUT2D eigenvalue weighted by Gasteiger charge is 2.24. The Morgan fingerprint density at radius 2 is 1.97 bits per heavy atom. The molecule has 1 unspecified atom stereocenters. The number of carbonyl (C=O) groups excluding carboxylic acids is 1. The maximum absolute atomic E-state index is 13.9. The van der Waals surface area contributed by atoms with Crippen molar-refractivity contribution >= 4 is 62.9 Å². The minimum atomic E-state index is -0.0298. The Morgan fingerprint density at radius 1 is 1.11 bits per heavy atom. The highest BCUT2D eigenvalue weighted by atomic mass is 35.5. The van der Waals surface area contributed by atoms with Gasteiger partial charge in [-0.2, -0.15) is 0 Å². The van der Waals surface area contributed by atoms with Gasteiger partial charge in [0.25, 0.3) is 5.91 Å². The number of carbonyl (C=O) groups is 1. The first-order valence-electron chi connectivity index (χ1n) is 12.0. The molecule has 1 atom stereocenters. The minimum absolute atomic E-state index is 0.0298. The Kier molecular flexibility index (Phi) is 7.45. The number of H-pyrrole nitrogens is 1. The zero-order valence-corrected chi connectivity index (χ0v) is 22.6. The number of fused-ring (bicyclic) bond motifs is 2. The molecule has 1 aliphatic rings. The van der Waals surface area contributed by atoms with Gasteiger partial charge in [0, 0.05) is 32.9 Å². The topological polar surface area (TPSA) is 36.1 Å². The van der Waals surface area contributed by atoms with Crippen LogP contribution in [0, 0.1) is 5.92 Å². The predicted molar refractivity (Wildman–Crippen MR) is 148 cm³/mol. The van der Waals surface area contributed by atoms with Crippen LogP contribution in [0.1, 0.15) is 51.0 Å². The van der Waals surface area contributed by atoms with E-state index in [4.69, 9.17) is 34.8 Å². The fraction of sp³-hybridized carbons (Fsp3) is 0.321. The van der Waals surface area contributed by atoms with Gasteiger partial charge < -0.3 is 9.88 Å². The van der Waals surface area contributed by atoms with Crippen molar-refractivity contribution in [1.29, 1.82) is 0 Å². The number of aromatic amines is 1. The lowest BCUT2D eigenvalue weighted by atomic mass is 9.87. The molecule has 0 saturated carbocycles. The van der Waals surface area contributed by atoms with Crippen LogP contribution >= 0.6 is 46.1 Å². The zero-order chi connectivity index (χ0) is 24.5. The highest BCUT2D eigenvalue weighted by molar-refractivity contribution is 7.12. The van der Waals surface area contributed by atoms with Gasteiger partial charge in [-0.25, -0.2) is 0 Å². The maximum atomic E-state index is 13.9. The molecule has 2 aromatic heterocycles. The maximum Gasteiger partial charge on any atom is 0.256 e. The molecule has 1 N–H and O–H groups in total. The lowest BCUT2D eigenvalue weighted by molar-refractivity contribution is 0.0748. The summed E-state index contributed by atoms with van der Waals surface area (Å²) < 4.78 is 0. The van der Waals surface area contributed by atoms with Gasteiger partial charge in [-0.3, -0.25) is 4.79 Å². The molecule has 1 aliphatic carbocycles. The number of nitrogens with zero attached hydrogens (tertiary/aromatic N) is 1. The smallest absolute Gasteiger partial charge is 0.256 e. The van der Waals surface area contributed by atoms with E-state index in [1.165, 1.54) is 28.2 Å². The Hall–Kier alpha value is -1.98. The Labute approximate surface area is 225 Å². The lowest BCUT2D eigenvalue weighted by Crippen LogP contribution is -2.32. The molecule has 0 bridgehead atoms. The summed E-state index contributed by atoms with van der Waals surface area (Å²) in [6.07, 6.45) is 7.30. The number of hydrogen-bond donors (Lipinski definition) is 1. The van der Waals surface area contributed by atoms with Crippen LogP contribution < -0.4 is 0 Å². The predicted octanol–water partition coefficient (Wildman–Crippen LogP) is 8.59. The van der Waals surface area contributed by atoms with Gasteiger partial charge in [0.2, 0.25) is 0 Å². The van der Waals surface area contributed by atoms with Crippen LogP contribution in [-0.2, 0) is 25.8 Å². The number of hydrogen-bond acceptors (Lipinski definition) is 2. The van der Waals surface area contributed by atoms with Crippen molar-refractivity contribution in [2.75, 3.05) is 6.54 Å². The number of rotatable bonds is 7. The molecule has 1 amide bonds. The molecule has 5 rings (SSSR count). The van der Waals surface area contributed by atoms with Crippen molar-refractivity contribution in [3.63, 3.8) is 0 Å². The first-order valence-corrected chi connectivity index (χ1v) is 14.0. The van der Waals surface area contributed by atoms with Crippen molar-refractivity contribution in [2.24, 2.45) is 5.92 Å². The van der Waals surface area contributed by atoms with Crippen LogP contribution in [-0.4, -0.2) is 22.3 Å². The number of nitrogens with one attached hydrogen (secondary N) is 1. The second-order valence-corrected chi connectivity index (χ2v) is 11.8. The van der Waals surface area contributed by atoms with E-state index in [-0.39, 0.29) is 5.91 Å². The number of halogens is 3. The SMILES string of the molecule is CCC1CCc2sc(CN(CCc3ccc(Cl)c(Cl)c3)C(=O)c3cc(Cl)cc4cc[nH]c34)cc2C1. The van der Waals surface area contributed by atoms with E-state index in [0.29, 0.717) is 40.1 Å². The van der Waals surface area contributed by atoms with E-state index < -0.39 is 0 Å². The van der Waals surface area contributed by atoms with E-state index in [9.17, 15) is 4.79 Å². The summed E-state index contributed by atoms with van der Waals surface area (Å²) in [6.45, 7) is 3.41. The standard InChI is InChI=1S/C28H27Cl3N2OS/c1-2-17-4-6-26-20(11-17)14-22(35-26)16-33(10-8-18-3-5-24(30)25(31)12-18)28(34)23-15-21(29)13-19-7-9-32-27(19)23/h3,5,7,9,12-15,17,32H,2,4,6,8,10-11,16H2,1H3. The van der Waals surface area contributed by atoms with Crippen molar-refractivity contribution in [2.45, 2.75) is 45.6 Å². The molecule has 0 saturated heterocycles. The summed E-state index contributed by atoms with van der Waals surface area (Å²) in [7, 11) is 0. The van der Waals surface area contributed by atoms with Gasteiger partial charge in [-0.05, 0) is 79.1 Å².